The third-order valence-electron chi connectivity index (χ3n) is 5.05. The molecule has 0 saturated carbocycles. The van der Waals surface area contributed by atoms with Crippen molar-refractivity contribution in [2.24, 2.45) is 0 Å². The van der Waals surface area contributed by atoms with Crippen LogP contribution in [0.2, 0.25) is 0 Å². The minimum Gasteiger partial charge on any atom is -0.494 e. The van der Waals surface area contributed by atoms with Gasteiger partial charge in [-0.15, -0.1) is 0 Å². The largest absolute Gasteiger partial charge is 0.494 e. The molecule has 0 aliphatic carbocycles. The molecule has 7 nitrogen and oxygen atoms in total. The molecule has 0 aliphatic rings. The van der Waals surface area contributed by atoms with Crippen LogP contribution in [0.4, 0.5) is 5.69 Å². The Morgan fingerprint density at radius 1 is 0.967 bits per heavy atom. The van der Waals surface area contributed by atoms with Crippen LogP contribution in [0.15, 0.2) is 79.0 Å². The lowest BCUT2D eigenvalue weighted by Gasteiger charge is -2.08. The van der Waals surface area contributed by atoms with Crippen molar-refractivity contribution in [3.8, 4) is 22.7 Å². The molecule has 0 amide bonds. The second-order valence-electron chi connectivity index (χ2n) is 6.78. The molecule has 5 aromatic rings. The first-order chi connectivity index (χ1) is 14.7. The first kappa shape index (κ1) is 17.8. The fourth-order valence-electron chi connectivity index (χ4n) is 3.69. The predicted molar refractivity (Wildman–Crippen MR) is 115 cm³/mol. The maximum absolute atomic E-state index is 11.3. The van der Waals surface area contributed by atoms with E-state index in [4.69, 9.17) is 9.84 Å². The van der Waals surface area contributed by atoms with Crippen LogP contribution in [0.25, 0.3) is 38.8 Å². The van der Waals surface area contributed by atoms with Gasteiger partial charge >= 0.3 is 0 Å². The molecule has 3 aromatic carbocycles. The van der Waals surface area contributed by atoms with Gasteiger partial charge in [0, 0.05) is 34.7 Å². The number of pyridine rings is 1. The summed E-state index contributed by atoms with van der Waals surface area (Å²) in [5.41, 5.74) is 3.84. The van der Waals surface area contributed by atoms with Gasteiger partial charge in [0.15, 0.2) is 0 Å². The summed E-state index contributed by atoms with van der Waals surface area (Å²) in [7, 11) is 1.61. The van der Waals surface area contributed by atoms with Gasteiger partial charge in [0.25, 0.3) is 5.69 Å². The van der Waals surface area contributed by atoms with Gasteiger partial charge < -0.3 is 4.74 Å². The summed E-state index contributed by atoms with van der Waals surface area (Å²) in [5, 5.41) is 17.9. The van der Waals surface area contributed by atoms with Crippen LogP contribution in [0.1, 0.15) is 0 Å². The summed E-state index contributed by atoms with van der Waals surface area (Å²) in [6, 6.07) is 22.0. The lowest BCUT2D eigenvalue weighted by molar-refractivity contribution is -0.384. The lowest BCUT2D eigenvalue weighted by atomic mass is 10.1. The predicted octanol–water partition coefficient (Wildman–Crippen LogP) is 5.16. The SMILES string of the molecule is COc1cccc2c1ncc1c(-c3ccccc3)nn(-c3cccc([N+](=O)[O-])c3)c12. The van der Waals surface area contributed by atoms with Crippen LogP contribution in [0.5, 0.6) is 5.75 Å². The van der Waals surface area contributed by atoms with Crippen molar-refractivity contribution >= 4 is 27.5 Å². The molecule has 0 fully saturated rings. The third-order valence-corrected chi connectivity index (χ3v) is 5.05. The monoisotopic (exact) mass is 396 g/mol. The quantitative estimate of drug-likeness (QED) is 0.310. The molecule has 30 heavy (non-hydrogen) atoms. The number of benzene rings is 3. The number of ether oxygens (including phenoxy) is 1. The topological polar surface area (TPSA) is 83.1 Å². The van der Waals surface area contributed by atoms with Gasteiger partial charge in [-0.25, -0.2) is 4.68 Å². The van der Waals surface area contributed by atoms with Crippen LogP contribution in [0.3, 0.4) is 0 Å². The minimum atomic E-state index is -0.407. The first-order valence-corrected chi connectivity index (χ1v) is 9.32. The summed E-state index contributed by atoms with van der Waals surface area (Å²) < 4.78 is 7.23. The van der Waals surface area contributed by atoms with E-state index in [2.05, 4.69) is 4.98 Å². The highest BCUT2D eigenvalue weighted by Crippen LogP contribution is 2.36. The van der Waals surface area contributed by atoms with E-state index < -0.39 is 4.92 Å². The van der Waals surface area contributed by atoms with E-state index in [9.17, 15) is 10.1 Å². The second-order valence-corrected chi connectivity index (χ2v) is 6.78. The van der Waals surface area contributed by atoms with E-state index >= 15 is 0 Å². The maximum Gasteiger partial charge on any atom is 0.271 e. The van der Waals surface area contributed by atoms with Crippen LogP contribution in [-0.2, 0) is 0 Å². The number of hydrogen-bond donors (Lipinski definition) is 0. The van der Waals surface area contributed by atoms with Crippen molar-refractivity contribution in [3.63, 3.8) is 0 Å². The number of nitro groups is 1. The molecule has 0 spiro atoms. The number of aromatic nitrogens is 3. The molecule has 0 unspecified atom stereocenters. The van der Waals surface area contributed by atoms with E-state index in [0.29, 0.717) is 17.0 Å². The number of nitro benzene ring substituents is 1. The van der Waals surface area contributed by atoms with Crippen LogP contribution in [-0.4, -0.2) is 26.8 Å². The Kier molecular flexibility index (Phi) is 4.14. The van der Waals surface area contributed by atoms with Crippen LogP contribution < -0.4 is 4.74 Å². The van der Waals surface area contributed by atoms with E-state index in [1.807, 2.05) is 48.5 Å². The number of methoxy groups -OCH3 is 1. The number of fused-ring (bicyclic) bond motifs is 3. The molecule has 0 radical (unpaired) electrons. The Morgan fingerprint density at radius 3 is 2.53 bits per heavy atom. The van der Waals surface area contributed by atoms with Crippen LogP contribution in [0, 0.1) is 10.1 Å². The standard InChI is InChI=1S/C23H16N4O3/c1-30-20-12-6-11-18-22(20)24-14-19-21(15-7-3-2-4-8-15)25-26(23(18)19)16-9-5-10-17(13-16)27(28)29/h2-14H,1H3. The molecule has 146 valence electrons. The van der Waals surface area contributed by atoms with Gasteiger partial charge in [0.05, 0.1) is 23.2 Å². The zero-order valence-corrected chi connectivity index (χ0v) is 16.0. The van der Waals surface area contributed by atoms with Crippen LogP contribution >= 0.6 is 0 Å². The second kappa shape index (κ2) is 6.97. The van der Waals surface area contributed by atoms with Gasteiger partial charge in [0.2, 0.25) is 0 Å². The van der Waals surface area contributed by atoms with Crippen molar-refractivity contribution in [3.05, 3.63) is 89.1 Å². The average molecular weight is 396 g/mol. The van der Waals surface area contributed by atoms with Crippen molar-refractivity contribution in [2.75, 3.05) is 7.11 Å². The number of para-hydroxylation sites is 1. The Morgan fingerprint density at radius 2 is 1.77 bits per heavy atom. The summed E-state index contributed by atoms with van der Waals surface area (Å²) in [4.78, 5) is 15.5. The third kappa shape index (κ3) is 2.76. The highest BCUT2D eigenvalue weighted by molar-refractivity contribution is 6.10. The van der Waals surface area contributed by atoms with E-state index in [1.165, 1.54) is 12.1 Å². The molecule has 7 heteroatoms. The van der Waals surface area contributed by atoms with Crippen molar-refractivity contribution in [2.45, 2.75) is 0 Å². The van der Waals surface area contributed by atoms with Crippen molar-refractivity contribution in [1.29, 1.82) is 0 Å². The van der Waals surface area contributed by atoms with Gasteiger partial charge in [0.1, 0.15) is 17.0 Å². The number of rotatable bonds is 4. The van der Waals surface area contributed by atoms with E-state index in [1.54, 1.807) is 30.1 Å². The number of nitrogens with zero attached hydrogens (tertiary/aromatic N) is 4. The van der Waals surface area contributed by atoms with Gasteiger partial charge in [-0.1, -0.05) is 48.5 Å². The molecule has 0 bridgehead atoms. The molecule has 0 saturated heterocycles. The fourth-order valence-corrected chi connectivity index (χ4v) is 3.69. The molecule has 2 aromatic heterocycles. The van der Waals surface area contributed by atoms with E-state index in [-0.39, 0.29) is 5.69 Å². The number of non-ortho nitro benzene ring substituents is 1. The summed E-state index contributed by atoms with van der Waals surface area (Å²) in [5.74, 6) is 0.655. The number of hydrogen-bond acceptors (Lipinski definition) is 5. The molecule has 0 N–H and O–H groups in total. The molecular weight excluding hydrogens is 380 g/mol. The fraction of sp³-hybridized carbons (Fsp3) is 0.0435. The summed E-state index contributed by atoms with van der Waals surface area (Å²) in [6.07, 6.45) is 1.78. The summed E-state index contributed by atoms with van der Waals surface area (Å²) in [6.45, 7) is 0. The van der Waals surface area contributed by atoms with Crippen molar-refractivity contribution < 1.29 is 9.66 Å². The Balaban J connectivity index is 1.90. The Labute approximate surface area is 171 Å². The summed E-state index contributed by atoms with van der Waals surface area (Å²) >= 11 is 0. The van der Waals surface area contributed by atoms with Gasteiger partial charge in [-0.3, -0.25) is 15.1 Å². The molecule has 5 rings (SSSR count). The normalized spacial score (nSPS) is 11.1. The molecule has 0 atom stereocenters. The minimum absolute atomic E-state index is 0.00773. The van der Waals surface area contributed by atoms with Crippen molar-refractivity contribution in [1.82, 2.24) is 14.8 Å². The zero-order chi connectivity index (χ0) is 20.7. The molecule has 0 aliphatic heterocycles. The molecular formula is C23H16N4O3. The lowest BCUT2D eigenvalue weighted by Crippen LogP contribution is -1.99. The smallest absolute Gasteiger partial charge is 0.271 e. The zero-order valence-electron chi connectivity index (χ0n) is 16.0. The Bertz CT molecular complexity index is 1410. The van der Waals surface area contributed by atoms with Gasteiger partial charge in [-0.2, -0.15) is 5.10 Å². The van der Waals surface area contributed by atoms with E-state index in [0.717, 1.165) is 27.5 Å². The highest BCUT2D eigenvalue weighted by Gasteiger charge is 2.19. The Hall–Kier alpha value is -4.26. The highest BCUT2D eigenvalue weighted by atomic mass is 16.6. The first-order valence-electron chi connectivity index (χ1n) is 9.32. The van der Waals surface area contributed by atoms with Gasteiger partial charge in [-0.05, 0) is 12.1 Å². The maximum atomic E-state index is 11.3. The average Bonchev–Trinajstić information content (AvgIpc) is 3.19. The molecule has 2 heterocycles.